The van der Waals surface area contributed by atoms with E-state index in [4.69, 9.17) is 4.79 Å². The predicted octanol–water partition coefficient (Wildman–Crippen LogP) is 4.72. The fraction of sp³-hybridized carbons (Fsp3) is 0.559. The van der Waals surface area contributed by atoms with Crippen molar-refractivity contribution < 1.29 is 14.4 Å². The van der Waals surface area contributed by atoms with Crippen LogP contribution in [-0.4, -0.2) is 55.8 Å². The first kappa shape index (κ1) is 34.0. The first-order valence-electron chi connectivity index (χ1n) is 14.9. The van der Waals surface area contributed by atoms with Crippen LogP contribution in [0.1, 0.15) is 71.9 Å². The quantitative estimate of drug-likeness (QED) is 0.450. The number of nitrogens with zero attached hydrogens (tertiary/aromatic N) is 1. The van der Waals surface area contributed by atoms with Gasteiger partial charge in [-0.05, 0) is 72.8 Å². The summed E-state index contributed by atoms with van der Waals surface area (Å²) in [5, 5.41) is 5.77. The molecule has 4 N–H and O–H groups in total. The van der Waals surface area contributed by atoms with Gasteiger partial charge >= 0.3 is 0 Å². The summed E-state index contributed by atoms with van der Waals surface area (Å²) >= 11 is 0. The molecule has 0 spiro atoms. The normalized spacial score (nSPS) is 20.3. The maximum Gasteiger partial charge on any atom is 0.246 e. The number of likely N-dealkylation sites (N-methyl/N-ethyl adjacent to an activating group) is 1. The third-order valence-electron chi connectivity index (χ3n) is 8.28. The van der Waals surface area contributed by atoms with Gasteiger partial charge < -0.3 is 21.3 Å². The number of carbonyl (C=O) groups is 3. The van der Waals surface area contributed by atoms with Crippen LogP contribution in [0.4, 0.5) is 0 Å². The monoisotopic (exact) mass is 564 g/mol. The second kappa shape index (κ2) is 15.7. The van der Waals surface area contributed by atoms with Gasteiger partial charge in [0, 0.05) is 18.5 Å². The largest absolute Gasteiger partial charge is 0.372 e. The molecule has 1 aliphatic heterocycles. The van der Waals surface area contributed by atoms with Gasteiger partial charge in [-0.15, -0.1) is 0 Å². The Morgan fingerprint density at radius 3 is 2.05 bits per heavy atom. The second-order valence-corrected chi connectivity index (χ2v) is 12.8. The van der Waals surface area contributed by atoms with Gasteiger partial charge in [-0.25, -0.2) is 0 Å². The van der Waals surface area contributed by atoms with E-state index in [0.717, 1.165) is 6.42 Å². The van der Waals surface area contributed by atoms with Gasteiger partial charge in [-0.3, -0.25) is 14.4 Å². The predicted molar refractivity (Wildman–Crippen MR) is 168 cm³/mol. The summed E-state index contributed by atoms with van der Waals surface area (Å²) in [6, 6.07) is 8.26. The average molecular weight is 565 g/mol. The molecule has 4 rings (SSSR count). The van der Waals surface area contributed by atoms with Crippen molar-refractivity contribution >= 4 is 18.2 Å². The van der Waals surface area contributed by atoms with E-state index in [1.165, 1.54) is 36.8 Å². The van der Waals surface area contributed by atoms with Gasteiger partial charge in [0.05, 0.1) is 6.54 Å². The highest BCUT2D eigenvalue weighted by Gasteiger charge is 2.37. The third kappa shape index (κ3) is 9.99. The molecule has 0 aromatic heterocycles. The topological polar surface area (TPSA) is 105 Å². The molecule has 226 valence electrons. The van der Waals surface area contributed by atoms with Gasteiger partial charge in [0.15, 0.2) is 0 Å². The number of nitrogens with two attached hydrogens (primary N) is 1. The van der Waals surface area contributed by atoms with Crippen molar-refractivity contribution in [1.82, 2.24) is 15.5 Å². The van der Waals surface area contributed by atoms with Gasteiger partial charge in [-0.2, -0.15) is 0 Å². The minimum absolute atomic E-state index is 0.00301. The Hall–Kier alpha value is -3.19. The van der Waals surface area contributed by atoms with Crippen molar-refractivity contribution in [3.05, 3.63) is 70.8 Å². The molecule has 2 atom stereocenters. The molecule has 0 radical (unpaired) electrons. The summed E-state index contributed by atoms with van der Waals surface area (Å²) in [5.41, 5.74) is 9.51. The van der Waals surface area contributed by atoms with Gasteiger partial charge in [-0.1, -0.05) is 90.1 Å². The highest BCUT2D eigenvalue weighted by Crippen LogP contribution is 2.36. The summed E-state index contributed by atoms with van der Waals surface area (Å²) < 4.78 is 0. The van der Waals surface area contributed by atoms with E-state index in [2.05, 4.69) is 85.7 Å². The van der Waals surface area contributed by atoms with Crippen molar-refractivity contribution in [3.63, 3.8) is 0 Å². The smallest absolute Gasteiger partial charge is 0.246 e. The van der Waals surface area contributed by atoms with Crippen molar-refractivity contribution in [1.29, 1.82) is 0 Å². The van der Waals surface area contributed by atoms with Crippen LogP contribution in [0.25, 0.3) is 0 Å². The number of benzene rings is 1. The average Bonchev–Trinajstić information content (AvgIpc) is 3.11. The number of amides is 3. The Morgan fingerprint density at radius 2 is 1.56 bits per heavy atom. The molecule has 2 aliphatic carbocycles. The summed E-state index contributed by atoms with van der Waals surface area (Å²) in [6.45, 7) is 14.2. The number of nitrogens with one attached hydrogen (secondary N) is 2. The fourth-order valence-corrected chi connectivity index (χ4v) is 5.22. The minimum Gasteiger partial charge on any atom is -0.372 e. The van der Waals surface area contributed by atoms with Crippen LogP contribution in [-0.2, 0) is 27.2 Å². The number of primary amides is 1. The zero-order valence-corrected chi connectivity index (χ0v) is 26.3. The summed E-state index contributed by atoms with van der Waals surface area (Å²) in [7, 11) is 1.73. The SMILES string of the molecule is CNCC(=O)NC(C(=O)N1CCC2=C(C=CC(C)(C(C)C)C=C2)C1)C(C)(C)C.NC=O.c1ccc2c(c1)CCCC2. The molecule has 3 amide bonds. The van der Waals surface area contributed by atoms with E-state index in [1.807, 2.05) is 25.7 Å². The van der Waals surface area contributed by atoms with Gasteiger partial charge in [0.2, 0.25) is 18.2 Å². The number of allylic oxidation sites excluding steroid dienone is 3. The standard InChI is InChI=1S/C23H37N3O2.C10H12.CH3NO/c1-16(2)23(6)11-8-17-10-13-26(15-18(17)9-12-23)21(28)20(22(3,4)5)25-19(27)14-24-7;1-2-6-10-8-4-3-7-9(10)5-1;2-1-3/h8-9,11-12,16,20,24H,10,13-15H2,1-7H3,(H,25,27);1-2,5-6H,3-4,7-8H2;1H,(H2,2,3). The molecule has 1 aromatic carbocycles. The lowest BCUT2D eigenvalue weighted by Gasteiger charge is -2.37. The molecule has 41 heavy (non-hydrogen) atoms. The number of fused-ring (bicyclic) bond motifs is 1. The van der Waals surface area contributed by atoms with Gasteiger partial charge in [0.25, 0.3) is 0 Å². The zero-order valence-electron chi connectivity index (χ0n) is 26.3. The molecule has 3 aliphatic rings. The lowest BCUT2D eigenvalue weighted by Crippen LogP contribution is -2.56. The molecule has 1 heterocycles. The van der Waals surface area contributed by atoms with E-state index in [1.54, 1.807) is 18.2 Å². The summed E-state index contributed by atoms with van der Waals surface area (Å²) in [6.07, 6.45) is 15.5. The Kier molecular flexibility index (Phi) is 13.0. The molecule has 0 saturated heterocycles. The van der Waals surface area contributed by atoms with E-state index < -0.39 is 6.04 Å². The van der Waals surface area contributed by atoms with Crippen LogP contribution in [0.15, 0.2) is 59.7 Å². The summed E-state index contributed by atoms with van der Waals surface area (Å²) in [5.74, 6) is 0.348. The van der Waals surface area contributed by atoms with Crippen molar-refractivity contribution in [2.75, 3.05) is 26.7 Å². The number of carbonyl (C=O) groups excluding carboxylic acids is 3. The van der Waals surface area contributed by atoms with E-state index >= 15 is 0 Å². The number of hydrogen-bond acceptors (Lipinski definition) is 4. The highest BCUT2D eigenvalue weighted by atomic mass is 16.2. The first-order valence-corrected chi connectivity index (χ1v) is 14.9. The van der Waals surface area contributed by atoms with Crippen LogP contribution in [0.3, 0.4) is 0 Å². The van der Waals surface area contributed by atoms with Crippen molar-refractivity contribution in [2.45, 2.75) is 79.7 Å². The van der Waals surface area contributed by atoms with Crippen molar-refractivity contribution in [3.8, 4) is 0 Å². The molecule has 0 fully saturated rings. The van der Waals surface area contributed by atoms with Gasteiger partial charge in [0.1, 0.15) is 6.04 Å². The van der Waals surface area contributed by atoms with Crippen LogP contribution >= 0.6 is 0 Å². The Morgan fingerprint density at radius 1 is 1.02 bits per heavy atom. The number of aryl methyl sites for hydroxylation is 2. The Labute approximate surface area is 247 Å². The minimum atomic E-state index is -0.540. The van der Waals surface area contributed by atoms with Crippen LogP contribution < -0.4 is 16.4 Å². The Balaban J connectivity index is 0.000000369. The van der Waals surface area contributed by atoms with E-state index in [-0.39, 0.29) is 35.6 Å². The molecule has 7 nitrogen and oxygen atoms in total. The third-order valence-corrected chi connectivity index (χ3v) is 8.28. The zero-order chi connectivity index (χ0) is 30.6. The maximum absolute atomic E-state index is 13.3. The number of hydrogen-bond donors (Lipinski definition) is 3. The van der Waals surface area contributed by atoms with Crippen LogP contribution in [0.2, 0.25) is 0 Å². The van der Waals surface area contributed by atoms with E-state index in [9.17, 15) is 9.59 Å². The lowest BCUT2D eigenvalue weighted by molar-refractivity contribution is -0.139. The molecule has 7 heteroatoms. The maximum atomic E-state index is 13.3. The second-order valence-electron chi connectivity index (χ2n) is 12.8. The fourth-order valence-electron chi connectivity index (χ4n) is 5.22. The molecule has 0 saturated carbocycles. The number of rotatable bonds is 5. The highest BCUT2D eigenvalue weighted by molar-refractivity contribution is 5.89. The molecular weight excluding hydrogens is 512 g/mol. The lowest BCUT2D eigenvalue weighted by atomic mass is 9.79. The molecule has 2 unspecified atom stereocenters. The van der Waals surface area contributed by atoms with E-state index in [0.29, 0.717) is 19.0 Å². The molecular formula is C34H52N4O3. The van der Waals surface area contributed by atoms with Crippen molar-refractivity contribution in [2.24, 2.45) is 22.5 Å². The Bertz CT molecular complexity index is 1100. The molecule has 0 bridgehead atoms. The van der Waals surface area contributed by atoms with Crippen LogP contribution in [0, 0.1) is 16.7 Å². The van der Waals surface area contributed by atoms with Crippen LogP contribution in [0.5, 0.6) is 0 Å². The summed E-state index contributed by atoms with van der Waals surface area (Å²) in [4.78, 5) is 35.9. The molecule has 1 aromatic rings. The first-order chi connectivity index (χ1) is 19.4.